The molecule has 0 bridgehead atoms. The lowest BCUT2D eigenvalue weighted by molar-refractivity contribution is -0.933. The largest absolute Gasteiger partial charge is 0.457 e. The first kappa shape index (κ1) is 17.8. The first-order valence-corrected chi connectivity index (χ1v) is 9.22. The van der Waals surface area contributed by atoms with Gasteiger partial charge in [-0.3, -0.25) is 4.79 Å². The summed E-state index contributed by atoms with van der Waals surface area (Å²) in [7, 11) is 0. The fourth-order valence-corrected chi connectivity index (χ4v) is 3.41. The van der Waals surface area contributed by atoms with Crippen LogP contribution in [0.1, 0.15) is 18.5 Å². The Bertz CT molecular complexity index is 683. The second-order valence-electron chi connectivity index (χ2n) is 6.38. The molecule has 25 heavy (non-hydrogen) atoms. The number of carbonyl (C=O) groups excluding carboxylic acids is 1. The molecular formula is C20H24ClN2O2+. The number of carbonyl (C=O) groups is 1. The van der Waals surface area contributed by atoms with Crippen LogP contribution < -0.4 is 9.64 Å². The van der Waals surface area contributed by atoms with Gasteiger partial charge in [-0.2, -0.15) is 0 Å². The van der Waals surface area contributed by atoms with E-state index in [2.05, 4.69) is 19.1 Å². The van der Waals surface area contributed by atoms with Gasteiger partial charge in [-0.05, 0) is 43.3 Å². The minimum Gasteiger partial charge on any atom is -0.457 e. The number of hydrogen-bond acceptors (Lipinski definition) is 2. The summed E-state index contributed by atoms with van der Waals surface area (Å²) in [5.41, 5.74) is 1.28. The van der Waals surface area contributed by atoms with E-state index in [4.69, 9.17) is 16.3 Å². The van der Waals surface area contributed by atoms with Crippen molar-refractivity contribution in [1.82, 2.24) is 4.90 Å². The maximum atomic E-state index is 11.7. The van der Waals surface area contributed by atoms with Crippen molar-refractivity contribution >= 4 is 17.5 Å². The van der Waals surface area contributed by atoms with Crippen molar-refractivity contribution < 1.29 is 14.4 Å². The number of rotatable bonds is 5. The number of ether oxygens (including phenoxy) is 1. The highest BCUT2D eigenvalue weighted by Crippen LogP contribution is 2.22. The zero-order chi connectivity index (χ0) is 17.6. The van der Waals surface area contributed by atoms with Gasteiger partial charge in [0.25, 0.3) is 0 Å². The fraction of sp³-hybridized carbons (Fsp3) is 0.350. The van der Waals surface area contributed by atoms with Crippen LogP contribution in [-0.2, 0) is 4.79 Å². The zero-order valence-corrected chi connectivity index (χ0v) is 15.2. The lowest BCUT2D eigenvalue weighted by Gasteiger charge is -2.35. The van der Waals surface area contributed by atoms with Crippen molar-refractivity contribution in [3.8, 4) is 11.5 Å². The number of amides is 1. The van der Waals surface area contributed by atoms with Crippen LogP contribution in [0.4, 0.5) is 0 Å². The van der Waals surface area contributed by atoms with E-state index in [9.17, 15) is 4.79 Å². The minimum absolute atomic E-state index is 0.0378. The molecular weight excluding hydrogens is 336 g/mol. The maximum absolute atomic E-state index is 11.7. The van der Waals surface area contributed by atoms with Crippen LogP contribution in [0.25, 0.3) is 0 Å². The summed E-state index contributed by atoms with van der Waals surface area (Å²) in [6, 6.07) is 18.5. The second-order valence-corrected chi connectivity index (χ2v) is 6.65. The van der Waals surface area contributed by atoms with E-state index in [-0.39, 0.29) is 11.8 Å². The minimum atomic E-state index is 0.0378. The van der Waals surface area contributed by atoms with E-state index in [1.54, 1.807) is 0 Å². The Balaban J connectivity index is 1.58. The molecule has 1 aliphatic heterocycles. The molecule has 132 valence electrons. The number of halogens is 1. The highest BCUT2D eigenvalue weighted by atomic mass is 35.5. The molecule has 0 unspecified atom stereocenters. The van der Waals surface area contributed by atoms with Gasteiger partial charge < -0.3 is 14.5 Å². The average molecular weight is 360 g/mol. The Morgan fingerprint density at radius 3 is 2.28 bits per heavy atom. The number of alkyl halides is 1. The summed E-state index contributed by atoms with van der Waals surface area (Å²) >= 11 is 5.64. The quantitative estimate of drug-likeness (QED) is 0.832. The van der Waals surface area contributed by atoms with Crippen LogP contribution in [-0.4, -0.2) is 42.9 Å². The highest BCUT2D eigenvalue weighted by molar-refractivity contribution is 6.27. The number of quaternary nitrogens is 1. The van der Waals surface area contributed by atoms with Gasteiger partial charge >= 0.3 is 0 Å². The van der Waals surface area contributed by atoms with Gasteiger partial charge in [0, 0.05) is 5.56 Å². The predicted octanol–water partition coefficient (Wildman–Crippen LogP) is 2.51. The van der Waals surface area contributed by atoms with Gasteiger partial charge in [-0.1, -0.05) is 18.2 Å². The van der Waals surface area contributed by atoms with Crippen molar-refractivity contribution in [3.05, 3.63) is 60.2 Å². The topological polar surface area (TPSA) is 34.0 Å². The number of hydrogen-bond donors (Lipinski definition) is 1. The van der Waals surface area contributed by atoms with Gasteiger partial charge in [0.05, 0.1) is 26.2 Å². The van der Waals surface area contributed by atoms with Gasteiger partial charge in [0.2, 0.25) is 5.91 Å². The molecule has 1 atom stereocenters. The molecule has 2 aromatic carbocycles. The lowest BCUT2D eigenvalue weighted by atomic mass is 10.1. The molecule has 3 rings (SSSR count). The molecule has 1 heterocycles. The highest BCUT2D eigenvalue weighted by Gasteiger charge is 2.27. The Morgan fingerprint density at radius 1 is 1.08 bits per heavy atom. The predicted molar refractivity (Wildman–Crippen MR) is 99.4 cm³/mol. The molecule has 1 aliphatic rings. The summed E-state index contributed by atoms with van der Waals surface area (Å²) in [4.78, 5) is 15.0. The van der Waals surface area contributed by atoms with Crippen LogP contribution in [0.2, 0.25) is 0 Å². The number of piperazine rings is 1. The van der Waals surface area contributed by atoms with Crippen molar-refractivity contribution in [3.63, 3.8) is 0 Å². The Hall–Kier alpha value is -2.04. The average Bonchev–Trinajstić information content (AvgIpc) is 2.68. The van der Waals surface area contributed by atoms with Crippen LogP contribution in [0, 0.1) is 0 Å². The van der Waals surface area contributed by atoms with E-state index in [0.29, 0.717) is 6.04 Å². The van der Waals surface area contributed by atoms with Crippen LogP contribution in [0.3, 0.4) is 0 Å². The molecule has 1 saturated heterocycles. The molecule has 0 spiro atoms. The van der Waals surface area contributed by atoms with E-state index in [0.717, 1.165) is 37.7 Å². The molecule has 1 amide bonds. The number of benzene rings is 2. The van der Waals surface area contributed by atoms with Crippen LogP contribution in [0.5, 0.6) is 11.5 Å². The first-order chi connectivity index (χ1) is 12.2. The first-order valence-electron chi connectivity index (χ1n) is 8.68. The Morgan fingerprint density at radius 2 is 1.68 bits per heavy atom. The van der Waals surface area contributed by atoms with Crippen molar-refractivity contribution in [2.24, 2.45) is 0 Å². The number of nitrogens with zero attached hydrogens (tertiary/aromatic N) is 1. The molecule has 0 aromatic heterocycles. The molecule has 4 nitrogen and oxygen atoms in total. The molecule has 5 heteroatoms. The van der Waals surface area contributed by atoms with Crippen molar-refractivity contribution in [1.29, 1.82) is 0 Å². The summed E-state index contributed by atoms with van der Waals surface area (Å²) in [6.45, 7) is 5.69. The smallest absolute Gasteiger partial charge is 0.237 e. The third kappa shape index (κ3) is 4.53. The van der Waals surface area contributed by atoms with Crippen LogP contribution >= 0.6 is 11.6 Å². The molecule has 1 fully saturated rings. The second kappa shape index (κ2) is 8.37. The zero-order valence-electron chi connectivity index (χ0n) is 14.5. The molecule has 0 radical (unpaired) electrons. The lowest BCUT2D eigenvalue weighted by Crippen LogP contribution is -3.14. The van der Waals surface area contributed by atoms with E-state index in [1.165, 1.54) is 10.5 Å². The summed E-state index contributed by atoms with van der Waals surface area (Å²) in [5.74, 6) is 1.80. The van der Waals surface area contributed by atoms with Crippen molar-refractivity contribution in [2.45, 2.75) is 13.0 Å². The summed E-state index contributed by atoms with van der Waals surface area (Å²) in [5, 5.41) is 0. The Labute approximate surface area is 154 Å². The third-order valence-corrected chi connectivity index (χ3v) is 5.07. The van der Waals surface area contributed by atoms with E-state index in [1.807, 2.05) is 47.4 Å². The number of nitrogens with one attached hydrogen (secondary N) is 1. The molecule has 1 N–H and O–H groups in total. The van der Waals surface area contributed by atoms with Gasteiger partial charge in [-0.15, -0.1) is 11.6 Å². The van der Waals surface area contributed by atoms with E-state index >= 15 is 0 Å². The summed E-state index contributed by atoms with van der Waals surface area (Å²) in [6.07, 6.45) is 0. The van der Waals surface area contributed by atoms with Crippen molar-refractivity contribution in [2.75, 3.05) is 32.1 Å². The van der Waals surface area contributed by atoms with Gasteiger partial charge in [0.1, 0.15) is 23.4 Å². The van der Waals surface area contributed by atoms with Crippen LogP contribution in [0.15, 0.2) is 54.6 Å². The SMILES string of the molecule is C[C@H](c1ccc(Oc2ccccc2)cc1)[NH+]1CCN(C(=O)CCl)CC1. The normalized spacial score (nSPS) is 16.5. The standard InChI is InChI=1S/C20H23ClN2O2/c1-16(22-11-13-23(14-12-22)20(24)15-21)17-7-9-19(10-8-17)25-18-5-3-2-4-6-18/h2-10,16H,11-15H2,1H3/p+1/t16-/m1/s1. The fourth-order valence-electron chi connectivity index (χ4n) is 3.25. The Kier molecular flexibility index (Phi) is 5.95. The van der Waals surface area contributed by atoms with Gasteiger partial charge in [0.15, 0.2) is 0 Å². The number of para-hydroxylation sites is 1. The maximum Gasteiger partial charge on any atom is 0.237 e. The third-order valence-electron chi connectivity index (χ3n) is 4.84. The monoisotopic (exact) mass is 359 g/mol. The van der Waals surface area contributed by atoms with Gasteiger partial charge in [-0.25, -0.2) is 0 Å². The summed E-state index contributed by atoms with van der Waals surface area (Å²) < 4.78 is 5.85. The molecule has 0 saturated carbocycles. The molecule has 0 aliphatic carbocycles. The molecule has 2 aromatic rings. The van der Waals surface area contributed by atoms with E-state index < -0.39 is 0 Å².